The quantitative estimate of drug-likeness (QED) is 0.922. The van der Waals surface area contributed by atoms with E-state index in [1.807, 2.05) is 24.4 Å². The Morgan fingerprint density at radius 1 is 1.21 bits per heavy atom. The van der Waals surface area contributed by atoms with Crippen LogP contribution in [0.3, 0.4) is 0 Å². The van der Waals surface area contributed by atoms with Crippen molar-refractivity contribution in [1.82, 2.24) is 10.3 Å². The van der Waals surface area contributed by atoms with Crippen LogP contribution in [0.5, 0.6) is 5.75 Å². The molecule has 3 nitrogen and oxygen atoms in total. The van der Waals surface area contributed by atoms with Gasteiger partial charge in [0.25, 0.3) is 0 Å². The molecule has 1 fully saturated rings. The van der Waals surface area contributed by atoms with Crippen molar-refractivity contribution in [1.29, 1.82) is 0 Å². The standard InChI is InChI=1S/C14H15ClN2O.ClH/c15-14-9-17-8-10-1-2-12(7-13(10)14)18-11-3-5-16-6-4-11;/h1-2,7-9,11,16H,3-6H2;1H. The third-order valence-electron chi connectivity index (χ3n) is 3.27. The number of hydrogen-bond acceptors (Lipinski definition) is 3. The predicted octanol–water partition coefficient (Wildman–Crippen LogP) is 3.44. The highest BCUT2D eigenvalue weighted by atomic mass is 35.5. The molecular formula is C14H16Cl2N2O. The number of halogens is 2. The van der Waals surface area contributed by atoms with E-state index >= 15 is 0 Å². The van der Waals surface area contributed by atoms with E-state index in [-0.39, 0.29) is 12.4 Å². The van der Waals surface area contributed by atoms with Gasteiger partial charge < -0.3 is 10.1 Å². The van der Waals surface area contributed by atoms with Crippen LogP contribution in [-0.4, -0.2) is 24.2 Å². The molecular weight excluding hydrogens is 283 g/mol. The topological polar surface area (TPSA) is 34.1 Å². The Bertz CT molecular complexity index is 556. The lowest BCUT2D eigenvalue weighted by Gasteiger charge is -2.24. The molecule has 2 aromatic rings. The first-order valence-electron chi connectivity index (χ1n) is 6.23. The Kier molecular flexibility index (Phi) is 4.86. The number of benzene rings is 1. The fraction of sp³-hybridized carbons (Fsp3) is 0.357. The van der Waals surface area contributed by atoms with E-state index in [0.717, 1.165) is 42.5 Å². The molecule has 1 aliphatic rings. The molecule has 1 aromatic carbocycles. The molecule has 1 aromatic heterocycles. The maximum Gasteiger partial charge on any atom is 0.120 e. The molecule has 19 heavy (non-hydrogen) atoms. The Hall–Kier alpha value is -1.03. The van der Waals surface area contributed by atoms with Crippen molar-refractivity contribution < 1.29 is 4.74 Å². The summed E-state index contributed by atoms with van der Waals surface area (Å²) in [6.07, 6.45) is 5.90. The van der Waals surface area contributed by atoms with Gasteiger partial charge in [0.2, 0.25) is 0 Å². The first-order chi connectivity index (χ1) is 8.83. The second-order valence-electron chi connectivity index (χ2n) is 4.57. The third-order valence-corrected chi connectivity index (χ3v) is 3.57. The van der Waals surface area contributed by atoms with Gasteiger partial charge in [0, 0.05) is 23.2 Å². The van der Waals surface area contributed by atoms with Gasteiger partial charge in [-0.2, -0.15) is 0 Å². The van der Waals surface area contributed by atoms with Crippen LogP contribution in [0.15, 0.2) is 30.6 Å². The van der Waals surface area contributed by atoms with E-state index in [1.165, 1.54) is 0 Å². The molecule has 0 spiro atoms. The Morgan fingerprint density at radius 3 is 2.79 bits per heavy atom. The van der Waals surface area contributed by atoms with Crippen LogP contribution in [-0.2, 0) is 0 Å². The number of pyridine rings is 1. The summed E-state index contributed by atoms with van der Waals surface area (Å²) >= 11 is 6.14. The van der Waals surface area contributed by atoms with Crippen LogP contribution in [0.1, 0.15) is 12.8 Å². The average molecular weight is 299 g/mol. The van der Waals surface area contributed by atoms with Crippen molar-refractivity contribution in [2.45, 2.75) is 18.9 Å². The summed E-state index contributed by atoms with van der Waals surface area (Å²) in [7, 11) is 0. The lowest BCUT2D eigenvalue weighted by molar-refractivity contribution is 0.162. The van der Waals surface area contributed by atoms with Gasteiger partial charge in [0.05, 0.1) is 5.02 Å². The minimum Gasteiger partial charge on any atom is -0.490 e. The summed E-state index contributed by atoms with van der Waals surface area (Å²) in [5, 5.41) is 6.04. The number of fused-ring (bicyclic) bond motifs is 1. The zero-order valence-corrected chi connectivity index (χ0v) is 12.0. The van der Waals surface area contributed by atoms with E-state index in [0.29, 0.717) is 11.1 Å². The smallest absolute Gasteiger partial charge is 0.120 e. The molecule has 0 atom stereocenters. The molecule has 3 rings (SSSR count). The van der Waals surface area contributed by atoms with Gasteiger partial charge in [-0.1, -0.05) is 11.6 Å². The van der Waals surface area contributed by atoms with Crippen molar-refractivity contribution in [2.24, 2.45) is 0 Å². The van der Waals surface area contributed by atoms with Gasteiger partial charge in [-0.25, -0.2) is 0 Å². The van der Waals surface area contributed by atoms with Gasteiger partial charge in [0.1, 0.15) is 11.9 Å². The summed E-state index contributed by atoms with van der Waals surface area (Å²) in [4.78, 5) is 4.08. The molecule has 0 unspecified atom stereocenters. The van der Waals surface area contributed by atoms with Crippen LogP contribution in [0.4, 0.5) is 0 Å². The molecule has 1 N–H and O–H groups in total. The number of piperidine rings is 1. The molecule has 0 aliphatic carbocycles. The molecule has 2 heterocycles. The summed E-state index contributed by atoms with van der Waals surface area (Å²) in [6.45, 7) is 2.06. The molecule has 5 heteroatoms. The minimum absolute atomic E-state index is 0. The number of rotatable bonds is 2. The van der Waals surface area contributed by atoms with E-state index < -0.39 is 0 Å². The van der Waals surface area contributed by atoms with Gasteiger partial charge >= 0.3 is 0 Å². The van der Waals surface area contributed by atoms with Crippen LogP contribution in [0.25, 0.3) is 10.8 Å². The van der Waals surface area contributed by atoms with Crippen LogP contribution in [0, 0.1) is 0 Å². The number of ether oxygens (including phenoxy) is 1. The minimum atomic E-state index is 0. The van der Waals surface area contributed by atoms with Crippen LogP contribution < -0.4 is 10.1 Å². The van der Waals surface area contributed by atoms with Crippen LogP contribution >= 0.6 is 24.0 Å². The van der Waals surface area contributed by atoms with Crippen molar-refractivity contribution in [3.05, 3.63) is 35.6 Å². The Morgan fingerprint density at radius 2 is 2.00 bits per heavy atom. The molecule has 0 radical (unpaired) electrons. The second kappa shape index (κ2) is 6.42. The highest BCUT2D eigenvalue weighted by Gasteiger charge is 2.14. The van der Waals surface area contributed by atoms with Gasteiger partial charge in [-0.15, -0.1) is 12.4 Å². The van der Waals surface area contributed by atoms with Crippen molar-refractivity contribution >= 4 is 34.8 Å². The molecule has 0 amide bonds. The third kappa shape index (κ3) is 3.30. The predicted molar refractivity (Wildman–Crippen MR) is 80.5 cm³/mol. The number of hydrogen-bond donors (Lipinski definition) is 1. The van der Waals surface area contributed by atoms with Crippen LogP contribution in [0.2, 0.25) is 5.02 Å². The first kappa shape index (κ1) is 14.4. The Balaban J connectivity index is 0.00000133. The van der Waals surface area contributed by atoms with E-state index in [2.05, 4.69) is 10.3 Å². The van der Waals surface area contributed by atoms with Gasteiger partial charge in [-0.3, -0.25) is 4.98 Å². The fourth-order valence-electron chi connectivity index (χ4n) is 2.29. The highest BCUT2D eigenvalue weighted by molar-refractivity contribution is 6.35. The normalized spacial score (nSPS) is 16.1. The second-order valence-corrected chi connectivity index (χ2v) is 4.98. The molecule has 1 saturated heterocycles. The first-order valence-corrected chi connectivity index (χ1v) is 6.61. The van der Waals surface area contributed by atoms with E-state index in [9.17, 15) is 0 Å². The van der Waals surface area contributed by atoms with Gasteiger partial charge in [-0.05, 0) is 44.1 Å². The Labute approximate surface area is 123 Å². The van der Waals surface area contributed by atoms with Crippen molar-refractivity contribution in [3.8, 4) is 5.75 Å². The van der Waals surface area contributed by atoms with Crippen molar-refractivity contribution in [2.75, 3.05) is 13.1 Å². The summed E-state index contributed by atoms with van der Waals surface area (Å²) < 4.78 is 6.00. The number of nitrogens with zero attached hydrogens (tertiary/aromatic N) is 1. The number of nitrogens with one attached hydrogen (secondary N) is 1. The van der Waals surface area contributed by atoms with E-state index in [1.54, 1.807) is 6.20 Å². The highest BCUT2D eigenvalue weighted by Crippen LogP contribution is 2.27. The molecule has 102 valence electrons. The SMILES string of the molecule is Cl.Clc1cncc2ccc(OC3CCNCC3)cc12. The summed E-state index contributed by atoms with van der Waals surface area (Å²) in [5.41, 5.74) is 0. The molecule has 0 saturated carbocycles. The summed E-state index contributed by atoms with van der Waals surface area (Å²) in [6, 6.07) is 5.99. The zero-order chi connectivity index (χ0) is 12.4. The molecule has 0 bridgehead atoms. The maximum absolute atomic E-state index is 6.14. The number of aromatic nitrogens is 1. The fourth-order valence-corrected chi connectivity index (χ4v) is 2.51. The average Bonchev–Trinajstić information content (AvgIpc) is 2.41. The lowest BCUT2D eigenvalue weighted by Crippen LogP contribution is -2.34. The monoisotopic (exact) mass is 298 g/mol. The van der Waals surface area contributed by atoms with Gasteiger partial charge in [0.15, 0.2) is 0 Å². The molecule has 1 aliphatic heterocycles. The lowest BCUT2D eigenvalue weighted by atomic mass is 10.1. The maximum atomic E-state index is 6.14. The van der Waals surface area contributed by atoms with Crippen molar-refractivity contribution in [3.63, 3.8) is 0 Å². The van der Waals surface area contributed by atoms with E-state index in [4.69, 9.17) is 16.3 Å². The largest absolute Gasteiger partial charge is 0.490 e. The zero-order valence-electron chi connectivity index (χ0n) is 10.4. The summed E-state index contributed by atoms with van der Waals surface area (Å²) in [5.74, 6) is 0.891.